The smallest absolute Gasteiger partial charge is 0.0297 e. The van der Waals surface area contributed by atoms with Gasteiger partial charge in [-0.05, 0) is 35.8 Å². The molecule has 0 aliphatic rings. The fraction of sp³-hybridized carbons (Fsp3) is 0.500. The van der Waals surface area contributed by atoms with Crippen LogP contribution in [0.4, 0.5) is 0 Å². The summed E-state index contributed by atoms with van der Waals surface area (Å²) in [5, 5.41) is 0. The number of allylic oxidation sites excluding steroid dienone is 1. The van der Waals surface area contributed by atoms with Gasteiger partial charge in [0.1, 0.15) is 0 Å². The van der Waals surface area contributed by atoms with Gasteiger partial charge in [0.15, 0.2) is 0 Å². The minimum Gasteiger partial charge on any atom is -0.324 e. The molecule has 1 aromatic rings. The fourth-order valence-electron chi connectivity index (χ4n) is 2.14. The third-order valence-corrected chi connectivity index (χ3v) is 3.09. The van der Waals surface area contributed by atoms with Gasteiger partial charge in [-0.2, -0.15) is 0 Å². The molecule has 0 aliphatic heterocycles. The van der Waals surface area contributed by atoms with E-state index in [1.54, 1.807) is 0 Å². The van der Waals surface area contributed by atoms with Crippen molar-refractivity contribution < 1.29 is 0 Å². The molecule has 0 fully saturated rings. The first-order chi connectivity index (χ1) is 7.96. The van der Waals surface area contributed by atoms with Gasteiger partial charge in [-0.25, -0.2) is 0 Å². The van der Waals surface area contributed by atoms with E-state index in [1.165, 1.54) is 11.1 Å². The molecule has 0 bridgehead atoms. The minimum atomic E-state index is 0.144. The highest BCUT2D eigenvalue weighted by Gasteiger charge is 2.20. The summed E-state index contributed by atoms with van der Waals surface area (Å²) in [6.45, 7) is 10.5. The summed E-state index contributed by atoms with van der Waals surface area (Å²) in [7, 11) is 0. The molecule has 1 aromatic carbocycles. The molecule has 0 amide bonds. The van der Waals surface area contributed by atoms with Gasteiger partial charge in [-0.1, -0.05) is 51.1 Å². The molecular weight excluding hydrogens is 206 g/mol. The predicted octanol–water partition coefficient (Wildman–Crippen LogP) is 4.34. The monoisotopic (exact) mass is 231 g/mol. The molecule has 94 valence electrons. The standard InChI is InChI=1S/C16H25N/c1-5-6-7-12-15(17)13-10-8-9-11-14(13)16(2,3)4/h5,8-11,15H,1,6-7,12,17H2,2-4H3. The number of hydrogen-bond acceptors (Lipinski definition) is 1. The van der Waals surface area contributed by atoms with Crippen molar-refractivity contribution in [3.63, 3.8) is 0 Å². The topological polar surface area (TPSA) is 26.0 Å². The second-order valence-electron chi connectivity index (χ2n) is 5.66. The van der Waals surface area contributed by atoms with E-state index in [4.69, 9.17) is 5.73 Å². The Bertz CT molecular complexity index is 360. The van der Waals surface area contributed by atoms with E-state index in [-0.39, 0.29) is 11.5 Å². The summed E-state index contributed by atoms with van der Waals surface area (Å²) in [5.41, 5.74) is 9.12. The quantitative estimate of drug-likeness (QED) is 0.592. The molecule has 0 saturated carbocycles. The average Bonchev–Trinajstić information content (AvgIpc) is 2.28. The van der Waals surface area contributed by atoms with Crippen LogP contribution in [0.1, 0.15) is 57.2 Å². The molecule has 0 heterocycles. The first kappa shape index (κ1) is 14.0. The molecule has 0 spiro atoms. The lowest BCUT2D eigenvalue weighted by Crippen LogP contribution is -2.19. The maximum absolute atomic E-state index is 6.30. The van der Waals surface area contributed by atoms with Crippen LogP contribution in [0.2, 0.25) is 0 Å². The van der Waals surface area contributed by atoms with E-state index in [9.17, 15) is 0 Å². The van der Waals surface area contributed by atoms with E-state index >= 15 is 0 Å². The average molecular weight is 231 g/mol. The first-order valence-electron chi connectivity index (χ1n) is 6.42. The van der Waals surface area contributed by atoms with E-state index in [1.807, 2.05) is 6.08 Å². The van der Waals surface area contributed by atoms with Crippen molar-refractivity contribution in [2.45, 2.75) is 51.5 Å². The Balaban J connectivity index is 2.85. The van der Waals surface area contributed by atoms with Gasteiger partial charge in [0.2, 0.25) is 0 Å². The molecule has 17 heavy (non-hydrogen) atoms. The number of nitrogens with two attached hydrogens (primary N) is 1. The Kier molecular flexibility index (Phi) is 4.95. The number of benzene rings is 1. The molecule has 0 saturated heterocycles. The molecule has 1 heteroatoms. The van der Waals surface area contributed by atoms with E-state index in [0.29, 0.717) is 0 Å². The highest BCUT2D eigenvalue weighted by Crippen LogP contribution is 2.30. The van der Waals surface area contributed by atoms with Crippen molar-refractivity contribution in [1.29, 1.82) is 0 Å². The third-order valence-electron chi connectivity index (χ3n) is 3.09. The molecule has 1 nitrogen and oxygen atoms in total. The summed E-state index contributed by atoms with van der Waals surface area (Å²) >= 11 is 0. The maximum Gasteiger partial charge on any atom is 0.0297 e. The van der Waals surface area contributed by atoms with Crippen LogP contribution in [0, 0.1) is 0 Å². The Morgan fingerprint density at radius 1 is 1.29 bits per heavy atom. The Morgan fingerprint density at radius 2 is 1.94 bits per heavy atom. The normalized spacial score (nSPS) is 13.4. The van der Waals surface area contributed by atoms with Crippen LogP contribution >= 0.6 is 0 Å². The molecule has 0 aliphatic carbocycles. The zero-order valence-electron chi connectivity index (χ0n) is 11.4. The molecule has 1 rings (SSSR count). The van der Waals surface area contributed by atoms with Gasteiger partial charge >= 0.3 is 0 Å². The number of rotatable bonds is 5. The van der Waals surface area contributed by atoms with Crippen molar-refractivity contribution >= 4 is 0 Å². The maximum atomic E-state index is 6.30. The lowest BCUT2D eigenvalue weighted by atomic mass is 9.81. The zero-order chi connectivity index (χ0) is 12.9. The summed E-state index contributed by atoms with van der Waals surface area (Å²) < 4.78 is 0. The summed E-state index contributed by atoms with van der Waals surface area (Å²) in [4.78, 5) is 0. The number of hydrogen-bond donors (Lipinski definition) is 1. The van der Waals surface area contributed by atoms with Crippen LogP contribution in [-0.4, -0.2) is 0 Å². The summed E-state index contributed by atoms with van der Waals surface area (Å²) in [6, 6.07) is 8.69. The molecular formula is C16H25N. The molecule has 1 unspecified atom stereocenters. The second kappa shape index (κ2) is 6.02. The minimum absolute atomic E-state index is 0.144. The SMILES string of the molecule is C=CCCCC(N)c1ccccc1C(C)(C)C. The zero-order valence-corrected chi connectivity index (χ0v) is 11.4. The van der Waals surface area contributed by atoms with Crippen LogP contribution in [-0.2, 0) is 5.41 Å². The highest BCUT2D eigenvalue weighted by molar-refractivity contribution is 5.34. The van der Waals surface area contributed by atoms with Gasteiger partial charge in [0, 0.05) is 6.04 Å². The first-order valence-corrected chi connectivity index (χ1v) is 6.42. The van der Waals surface area contributed by atoms with E-state index < -0.39 is 0 Å². The Hall–Kier alpha value is -1.08. The van der Waals surface area contributed by atoms with Gasteiger partial charge in [0.25, 0.3) is 0 Å². The summed E-state index contributed by atoms with van der Waals surface area (Å²) in [6.07, 6.45) is 5.15. The van der Waals surface area contributed by atoms with Gasteiger partial charge in [-0.15, -0.1) is 6.58 Å². The van der Waals surface area contributed by atoms with Crippen LogP contribution < -0.4 is 5.73 Å². The molecule has 0 radical (unpaired) electrons. The molecule has 2 N–H and O–H groups in total. The van der Waals surface area contributed by atoms with Crippen molar-refractivity contribution in [3.05, 3.63) is 48.0 Å². The molecule has 1 atom stereocenters. The van der Waals surface area contributed by atoms with Crippen molar-refractivity contribution in [1.82, 2.24) is 0 Å². The van der Waals surface area contributed by atoms with Crippen molar-refractivity contribution in [3.8, 4) is 0 Å². The van der Waals surface area contributed by atoms with Gasteiger partial charge < -0.3 is 5.73 Å². The third kappa shape index (κ3) is 4.01. The van der Waals surface area contributed by atoms with Crippen LogP contribution in [0.5, 0.6) is 0 Å². The second-order valence-corrected chi connectivity index (χ2v) is 5.66. The van der Waals surface area contributed by atoms with Crippen LogP contribution in [0.15, 0.2) is 36.9 Å². The van der Waals surface area contributed by atoms with Crippen LogP contribution in [0.25, 0.3) is 0 Å². The van der Waals surface area contributed by atoms with Gasteiger partial charge in [-0.3, -0.25) is 0 Å². The molecule has 0 aromatic heterocycles. The predicted molar refractivity (Wildman–Crippen MR) is 76.1 cm³/mol. The highest BCUT2D eigenvalue weighted by atomic mass is 14.6. The lowest BCUT2D eigenvalue weighted by Gasteiger charge is -2.25. The van der Waals surface area contributed by atoms with E-state index in [0.717, 1.165) is 19.3 Å². The van der Waals surface area contributed by atoms with Crippen molar-refractivity contribution in [2.75, 3.05) is 0 Å². The van der Waals surface area contributed by atoms with E-state index in [2.05, 4.69) is 51.6 Å². The largest absolute Gasteiger partial charge is 0.324 e. The van der Waals surface area contributed by atoms with Gasteiger partial charge in [0.05, 0.1) is 0 Å². The Labute approximate surface area is 106 Å². The van der Waals surface area contributed by atoms with Crippen LogP contribution in [0.3, 0.4) is 0 Å². The van der Waals surface area contributed by atoms with Crippen molar-refractivity contribution in [2.24, 2.45) is 5.73 Å². The fourth-order valence-corrected chi connectivity index (χ4v) is 2.14. The Morgan fingerprint density at radius 3 is 2.53 bits per heavy atom. The lowest BCUT2D eigenvalue weighted by molar-refractivity contribution is 0.553. The summed E-state index contributed by atoms with van der Waals surface area (Å²) in [5.74, 6) is 0. The number of unbranched alkanes of at least 4 members (excludes halogenated alkanes) is 1.